The molecule has 1 heterocycles. The number of unbranched alkanes of at least 4 members (excludes halogenated alkanes) is 1. The molecule has 0 fully saturated rings. The third kappa shape index (κ3) is 5.52. The fraction of sp³-hybridized carbons (Fsp3) is 0.200. The highest BCUT2D eigenvalue weighted by molar-refractivity contribution is 6.02. The summed E-state index contributed by atoms with van der Waals surface area (Å²) >= 11 is 0. The van der Waals surface area contributed by atoms with Crippen LogP contribution in [0.1, 0.15) is 49.8 Å². The summed E-state index contributed by atoms with van der Waals surface area (Å²) in [5.74, 6) is 0.838. The molecular formula is C30H30N2O3. The van der Waals surface area contributed by atoms with Crippen LogP contribution in [0.3, 0.4) is 0 Å². The number of hydrogen-bond acceptors (Lipinski definition) is 4. The molecule has 0 saturated heterocycles. The molecule has 0 radical (unpaired) electrons. The summed E-state index contributed by atoms with van der Waals surface area (Å²) < 4.78 is 11.7. The minimum absolute atomic E-state index is 0.487. The summed E-state index contributed by atoms with van der Waals surface area (Å²) in [5.41, 5.74) is 5.98. The first-order chi connectivity index (χ1) is 17.1. The van der Waals surface area contributed by atoms with Crippen molar-refractivity contribution in [1.29, 1.82) is 0 Å². The Balaban J connectivity index is 1.93. The minimum Gasteiger partial charge on any atom is -0.494 e. The van der Waals surface area contributed by atoms with Gasteiger partial charge in [-0.3, -0.25) is 5.10 Å². The minimum atomic E-state index is -0.494. The quantitative estimate of drug-likeness (QED) is 0.0882. The van der Waals surface area contributed by atoms with Gasteiger partial charge < -0.3 is 9.47 Å². The van der Waals surface area contributed by atoms with Gasteiger partial charge >= 0.3 is 5.97 Å². The number of benzene rings is 3. The third-order valence-corrected chi connectivity index (χ3v) is 5.87. The van der Waals surface area contributed by atoms with Crippen molar-refractivity contribution in [2.45, 2.75) is 33.1 Å². The summed E-state index contributed by atoms with van der Waals surface area (Å²) in [5, 5.41) is 8.20. The summed E-state index contributed by atoms with van der Waals surface area (Å²) in [6.45, 7) is 8.52. The molecule has 1 N–H and O–H groups in total. The van der Waals surface area contributed by atoms with Crippen LogP contribution in [-0.4, -0.2) is 22.8 Å². The number of para-hydroxylation sites is 1. The highest BCUT2D eigenvalue weighted by Gasteiger charge is 2.19. The van der Waals surface area contributed by atoms with Gasteiger partial charge in [0.2, 0.25) is 0 Å². The molecular weight excluding hydrogens is 436 g/mol. The average Bonchev–Trinajstić information content (AvgIpc) is 3.36. The fourth-order valence-corrected chi connectivity index (χ4v) is 4.14. The second-order valence-corrected chi connectivity index (χ2v) is 8.23. The molecule has 5 heteroatoms. The van der Waals surface area contributed by atoms with Crippen LogP contribution in [0, 0.1) is 0 Å². The second-order valence-electron chi connectivity index (χ2n) is 8.23. The second kappa shape index (κ2) is 11.3. The lowest BCUT2D eigenvalue weighted by Crippen LogP contribution is -2.06. The van der Waals surface area contributed by atoms with Crippen molar-refractivity contribution in [2.24, 2.45) is 0 Å². The van der Waals surface area contributed by atoms with Gasteiger partial charge in [-0.25, -0.2) is 4.79 Å². The normalized spacial score (nSPS) is 11.7. The maximum absolute atomic E-state index is 12.1. The van der Waals surface area contributed by atoms with Crippen LogP contribution in [0.25, 0.3) is 22.0 Å². The van der Waals surface area contributed by atoms with Gasteiger partial charge in [0.1, 0.15) is 11.5 Å². The standard InChI is InChI=1S/C30H30N2O3/c1-4-7-17-34-24-12-10-11-21(19-24)25(5-2)30(22-15-16-27-23(18-22)20-31-32-27)26-13-8-9-14-28(26)35-29(33)6-3/h6,8-16,18-20H,3-5,7,17H2,1-2H3,(H,31,32)/b30-25+. The lowest BCUT2D eigenvalue weighted by Gasteiger charge is -2.19. The Morgan fingerprint density at radius 3 is 2.69 bits per heavy atom. The van der Waals surface area contributed by atoms with E-state index in [2.05, 4.69) is 54.9 Å². The Kier molecular flexibility index (Phi) is 7.78. The average molecular weight is 467 g/mol. The van der Waals surface area contributed by atoms with E-state index in [9.17, 15) is 4.79 Å². The van der Waals surface area contributed by atoms with E-state index in [1.807, 2.05) is 48.7 Å². The first-order valence-electron chi connectivity index (χ1n) is 12.0. The van der Waals surface area contributed by atoms with E-state index in [0.717, 1.165) is 63.8 Å². The molecule has 0 saturated carbocycles. The molecule has 35 heavy (non-hydrogen) atoms. The zero-order valence-electron chi connectivity index (χ0n) is 20.2. The third-order valence-electron chi connectivity index (χ3n) is 5.87. The molecule has 0 aliphatic carbocycles. The van der Waals surface area contributed by atoms with Crippen molar-refractivity contribution >= 4 is 28.0 Å². The molecule has 0 atom stereocenters. The molecule has 3 aromatic carbocycles. The molecule has 4 rings (SSSR count). The summed E-state index contributed by atoms with van der Waals surface area (Å²) in [6.07, 6.45) is 5.85. The van der Waals surface area contributed by atoms with Crippen molar-refractivity contribution in [1.82, 2.24) is 10.2 Å². The predicted molar refractivity (Wildman–Crippen MR) is 141 cm³/mol. The van der Waals surface area contributed by atoms with Crippen LogP contribution in [0.15, 0.2) is 85.6 Å². The Labute approximate surface area is 206 Å². The number of aromatic nitrogens is 2. The Bertz CT molecular complexity index is 1370. The SMILES string of the molecule is C=CC(=O)Oc1ccccc1/C(=C(\CC)c1cccc(OCCCC)c1)c1ccc2[nH]ncc2c1. The first-order valence-corrected chi connectivity index (χ1v) is 12.0. The maximum atomic E-state index is 12.1. The molecule has 0 aliphatic rings. The van der Waals surface area contributed by atoms with Crippen molar-refractivity contribution in [3.8, 4) is 11.5 Å². The van der Waals surface area contributed by atoms with Gasteiger partial charge in [-0.1, -0.05) is 63.2 Å². The number of hydrogen-bond donors (Lipinski definition) is 1. The number of aromatic amines is 1. The van der Waals surface area contributed by atoms with E-state index in [4.69, 9.17) is 9.47 Å². The topological polar surface area (TPSA) is 64.2 Å². The summed E-state index contributed by atoms with van der Waals surface area (Å²) in [7, 11) is 0. The lowest BCUT2D eigenvalue weighted by atomic mass is 9.87. The number of ether oxygens (including phenoxy) is 2. The van der Waals surface area contributed by atoms with Gasteiger partial charge in [0.15, 0.2) is 0 Å². The number of nitrogens with one attached hydrogen (secondary N) is 1. The summed E-state index contributed by atoms with van der Waals surface area (Å²) in [6, 6.07) is 22.0. The van der Waals surface area contributed by atoms with Crippen molar-refractivity contribution in [3.05, 3.63) is 102 Å². The van der Waals surface area contributed by atoms with Crippen molar-refractivity contribution in [3.63, 3.8) is 0 Å². The fourth-order valence-electron chi connectivity index (χ4n) is 4.14. The number of allylic oxidation sites excluding steroid dienone is 1. The molecule has 0 bridgehead atoms. The monoisotopic (exact) mass is 466 g/mol. The van der Waals surface area contributed by atoms with E-state index < -0.39 is 5.97 Å². The number of carbonyl (C=O) groups excluding carboxylic acids is 1. The molecule has 0 spiro atoms. The van der Waals surface area contributed by atoms with Gasteiger partial charge in [0.05, 0.1) is 18.3 Å². The van der Waals surface area contributed by atoms with Gasteiger partial charge in [-0.2, -0.15) is 5.10 Å². The summed E-state index contributed by atoms with van der Waals surface area (Å²) in [4.78, 5) is 12.1. The molecule has 0 unspecified atom stereocenters. The zero-order chi connectivity index (χ0) is 24.6. The number of H-pyrrole nitrogens is 1. The number of nitrogens with zero attached hydrogens (tertiary/aromatic N) is 1. The molecule has 1 aromatic heterocycles. The van der Waals surface area contributed by atoms with Crippen LogP contribution in [0.4, 0.5) is 0 Å². The van der Waals surface area contributed by atoms with Crippen LogP contribution < -0.4 is 9.47 Å². The van der Waals surface area contributed by atoms with Gasteiger partial charge in [-0.15, -0.1) is 0 Å². The highest BCUT2D eigenvalue weighted by atomic mass is 16.5. The lowest BCUT2D eigenvalue weighted by molar-refractivity contribution is -0.128. The zero-order valence-corrected chi connectivity index (χ0v) is 20.2. The van der Waals surface area contributed by atoms with Gasteiger partial charge in [-0.05, 0) is 65.4 Å². The largest absolute Gasteiger partial charge is 0.494 e. The van der Waals surface area contributed by atoms with E-state index in [-0.39, 0.29) is 0 Å². The molecule has 5 nitrogen and oxygen atoms in total. The van der Waals surface area contributed by atoms with Crippen LogP contribution in [0.2, 0.25) is 0 Å². The first kappa shape index (κ1) is 24.0. The van der Waals surface area contributed by atoms with E-state index >= 15 is 0 Å². The molecule has 4 aromatic rings. The smallest absolute Gasteiger partial charge is 0.335 e. The van der Waals surface area contributed by atoms with Crippen LogP contribution in [-0.2, 0) is 4.79 Å². The van der Waals surface area contributed by atoms with E-state index in [0.29, 0.717) is 12.4 Å². The Morgan fingerprint density at radius 1 is 1.03 bits per heavy atom. The van der Waals surface area contributed by atoms with Gasteiger partial charge in [0, 0.05) is 17.0 Å². The van der Waals surface area contributed by atoms with E-state index in [1.54, 1.807) is 0 Å². The molecule has 0 aliphatic heterocycles. The van der Waals surface area contributed by atoms with Crippen molar-refractivity contribution < 1.29 is 14.3 Å². The number of esters is 1. The number of fused-ring (bicyclic) bond motifs is 1. The number of rotatable bonds is 10. The number of carbonyl (C=O) groups is 1. The molecule has 178 valence electrons. The van der Waals surface area contributed by atoms with Crippen LogP contribution in [0.5, 0.6) is 11.5 Å². The van der Waals surface area contributed by atoms with E-state index in [1.165, 1.54) is 6.08 Å². The highest BCUT2D eigenvalue weighted by Crippen LogP contribution is 2.40. The van der Waals surface area contributed by atoms with Crippen LogP contribution >= 0.6 is 0 Å². The maximum Gasteiger partial charge on any atom is 0.335 e. The van der Waals surface area contributed by atoms with Crippen molar-refractivity contribution in [2.75, 3.05) is 6.61 Å². The Morgan fingerprint density at radius 2 is 1.89 bits per heavy atom. The van der Waals surface area contributed by atoms with Gasteiger partial charge in [0.25, 0.3) is 0 Å². The molecule has 0 amide bonds. The Hall–Kier alpha value is -4.12. The predicted octanol–water partition coefficient (Wildman–Crippen LogP) is 7.20.